The van der Waals surface area contributed by atoms with E-state index in [2.05, 4.69) is 9.97 Å². The highest BCUT2D eigenvalue weighted by Gasteiger charge is 2.55. The number of rotatable bonds is 6. The minimum Gasteiger partial charge on any atom is -0.494 e. The minimum atomic E-state index is -3.56. The molecule has 3 aliphatic rings. The van der Waals surface area contributed by atoms with Crippen LogP contribution in [0.5, 0.6) is 5.75 Å². The zero-order valence-corrected chi connectivity index (χ0v) is 16.6. The van der Waals surface area contributed by atoms with E-state index in [-0.39, 0.29) is 4.90 Å². The van der Waals surface area contributed by atoms with Gasteiger partial charge in [-0.1, -0.05) is 6.92 Å². The monoisotopic (exact) mass is 401 g/mol. The lowest BCUT2D eigenvalue weighted by atomic mass is 9.90. The number of aromatic nitrogens is 2. The number of sulfonamides is 1. The Labute approximate surface area is 164 Å². The average molecular weight is 401 g/mol. The molecule has 2 fully saturated rings. The van der Waals surface area contributed by atoms with Crippen molar-refractivity contribution < 1.29 is 17.9 Å². The molecule has 0 unspecified atom stereocenters. The Morgan fingerprint density at radius 2 is 2.00 bits per heavy atom. The maximum absolute atomic E-state index is 12.9. The maximum atomic E-state index is 12.9. The molecule has 1 saturated carbocycles. The summed E-state index contributed by atoms with van der Waals surface area (Å²) >= 11 is 0. The van der Waals surface area contributed by atoms with Crippen LogP contribution in [0.1, 0.15) is 49.2 Å². The molecule has 0 amide bonds. The van der Waals surface area contributed by atoms with Gasteiger partial charge in [-0.2, -0.15) is 4.31 Å². The first-order valence-corrected chi connectivity index (χ1v) is 11.2. The molecule has 0 atom stereocenters. The molecule has 148 valence electrons. The number of hydrogen-bond acceptors (Lipinski definition) is 6. The molecule has 0 radical (unpaired) electrons. The summed E-state index contributed by atoms with van der Waals surface area (Å²) < 4.78 is 38.9. The van der Waals surface area contributed by atoms with Crippen molar-refractivity contribution >= 4 is 10.0 Å². The Morgan fingerprint density at radius 1 is 1.25 bits per heavy atom. The quantitative estimate of drug-likeness (QED) is 0.740. The van der Waals surface area contributed by atoms with Crippen LogP contribution in [0.3, 0.4) is 0 Å². The zero-order chi connectivity index (χ0) is 19.4. The number of hydrogen-bond donors (Lipinski definition) is 0. The fourth-order valence-electron chi connectivity index (χ4n) is 3.78. The molecule has 1 aromatic heterocycles. The standard InChI is InChI=1S/C20H23N3O4S/c1-2-9-26-15-5-7-16(8-6-15)28(24,25)23-12-20(13-23)17-10-21-19(14-3-4-14)22-18(17)11-27-20/h5-8,10,14H,2-4,9,11-13H2,1H3. The molecule has 2 aliphatic heterocycles. The second kappa shape index (κ2) is 6.50. The fourth-order valence-corrected chi connectivity index (χ4v) is 5.31. The topological polar surface area (TPSA) is 81.6 Å². The van der Waals surface area contributed by atoms with Gasteiger partial charge < -0.3 is 9.47 Å². The number of fused-ring (bicyclic) bond motifs is 2. The van der Waals surface area contributed by atoms with Crippen LogP contribution in [0.2, 0.25) is 0 Å². The van der Waals surface area contributed by atoms with E-state index in [9.17, 15) is 8.42 Å². The number of nitrogens with zero attached hydrogens (tertiary/aromatic N) is 3. The summed E-state index contributed by atoms with van der Waals surface area (Å²) in [6.45, 7) is 3.65. The molecule has 7 nitrogen and oxygen atoms in total. The number of benzene rings is 1. The highest BCUT2D eigenvalue weighted by atomic mass is 32.2. The molecule has 5 rings (SSSR count). The van der Waals surface area contributed by atoms with E-state index in [1.165, 1.54) is 4.31 Å². The first-order valence-electron chi connectivity index (χ1n) is 9.75. The van der Waals surface area contributed by atoms with E-state index in [0.717, 1.165) is 36.3 Å². The summed E-state index contributed by atoms with van der Waals surface area (Å²) in [5.41, 5.74) is 1.24. The van der Waals surface area contributed by atoms with Crippen LogP contribution in [0.25, 0.3) is 0 Å². The van der Waals surface area contributed by atoms with E-state index in [1.54, 1.807) is 24.3 Å². The van der Waals surface area contributed by atoms with Crippen LogP contribution in [0, 0.1) is 0 Å². The average Bonchev–Trinajstić information content (AvgIpc) is 3.45. The third kappa shape index (κ3) is 2.91. The third-order valence-corrected chi connectivity index (χ3v) is 7.41. The summed E-state index contributed by atoms with van der Waals surface area (Å²) in [5.74, 6) is 2.07. The molecule has 0 bridgehead atoms. The van der Waals surface area contributed by atoms with Gasteiger partial charge in [0.05, 0.1) is 23.8 Å². The molecule has 8 heteroatoms. The Bertz CT molecular complexity index is 997. The lowest BCUT2D eigenvalue weighted by Gasteiger charge is -2.46. The van der Waals surface area contributed by atoms with Crippen molar-refractivity contribution in [3.63, 3.8) is 0 Å². The van der Waals surface area contributed by atoms with Crippen LogP contribution in [0.4, 0.5) is 0 Å². The third-order valence-electron chi connectivity index (χ3n) is 5.60. The van der Waals surface area contributed by atoms with Gasteiger partial charge in [-0.05, 0) is 43.5 Å². The zero-order valence-electron chi connectivity index (χ0n) is 15.8. The predicted molar refractivity (Wildman–Crippen MR) is 101 cm³/mol. The molecule has 3 heterocycles. The Hall–Kier alpha value is -2.03. The summed E-state index contributed by atoms with van der Waals surface area (Å²) in [7, 11) is -3.56. The molecule has 1 aromatic carbocycles. The number of ether oxygens (including phenoxy) is 2. The van der Waals surface area contributed by atoms with E-state index in [4.69, 9.17) is 9.47 Å². The second-order valence-corrected chi connectivity index (χ2v) is 9.68. The van der Waals surface area contributed by atoms with Crippen LogP contribution in [-0.4, -0.2) is 42.4 Å². The van der Waals surface area contributed by atoms with Crippen molar-refractivity contribution in [2.75, 3.05) is 19.7 Å². The largest absolute Gasteiger partial charge is 0.494 e. The van der Waals surface area contributed by atoms with Crippen molar-refractivity contribution in [1.82, 2.24) is 14.3 Å². The molecule has 1 spiro atoms. The van der Waals surface area contributed by atoms with Crippen molar-refractivity contribution in [3.05, 3.63) is 47.5 Å². The van der Waals surface area contributed by atoms with Gasteiger partial charge in [0, 0.05) is 30.8 Å². The Balaban J connectivity index is 1.31. The first-order chi connectivity index (χ1) is 13.5. The van der Waals surface area contributed by atoms with Gasteiger partial charge in [0.25, 0.3) is 0 Å². The van der Waals surface area contributed by atoms with E-state index in [0.29, 0.717) is 38.0 Å². The normalized spacial score (nSPS) is 20.8. The summed E-state index contributed by atoms with van der Waals surface area (Å²) in [6.07, 6.45) is 5.05. The van der Waals surface area contributed by atoms with E-state index in [1.807, 2.05) is 13.1 Å². The predicted octanol–water partition coefficient (Wildman–Crippen LogP) is 2.57. The SMILES string of the molecule is CCCOc1ccc(S(=O)(=O)N2CC3(C2)OCc2nc(C4CC4)ncc23)cc1. The molecular formula is C20H23N3O4S. The lowest BCUT2D eigenvalue weighted by molar-refractivity contribution is -0.112. The Morgan fingerprint density at radius 3 is 2.68 bits per heavy atom. The van der Waals surface area contributed by atoms with Gasteiger partial charge in [0.2, 0.25) is 10.0 Å². The van der Waals surface area contributed by atoms with Crippen molar-refractivity contribution in [2.24, 2.45) is 0 Å². The van der Waals surface area contributed by atoms with Crippen LogP contribution < -0.4 is 4.74 Å². The smallest absolute Gasteiger partial charge is 0.243 e. The van der Waals surface area contributed by atoms with Gasteiger partial charge >= 0.3 is 0 Å². The maximum Gasteiger partial charge on any atom is 0.243 e. The summed E-state index contributed by atoms with van der Waals surface area (Å²) in [6, 6.07) is 6.60. The summed E-state index contributed by atoms with van der Waals surface area (Å²) in [4.78, 5) is 9.42. The molecular weight excluding hydrogens is 378 g/mol. The minimum absolute atomic E-state index is 0.268. The molecule has 2 aromatic rings. The van der Waals surface area contributed by atoms with E-state index >= 15 is 0 Å². The molecule has 28 heavy (non-hydrogen) atoms. The van der Waals surface area contributed by atoms with Crippen molar-refractivity contribution in [3.8, 4) is 5.75 Å². The van der Waals surface area contributed by atoms with Crippen LogP contribution in [-0.2, 0) is 27.0 Å². The summed E-state index contributed by atoms with van der Waals surface area (Å²) in [5, 5.41) is 0. The van der Waals surface area contributed by atoms with Gasteiger partial charge in [0.15, 0.2) is 0 Å². The highest BCUT2D eigenvalue weighted by molar-refractivity contribution is 7.89. The van der Waals surface area contributed by atoms with Gasteiger partial charge in [-0.3, -0.25) is 0 Å². The van der Waals surface area contributed by atoms with Gasteiger partial charge in [-0.25, -0.2) is 18.4 Å². The fraction of sp³-hybridized carbons (Fsp3) is 0.500. The van der Waals surface area contributed by atoms with E-state index < -0.39 is 15.6 Å². The Kier molecular flexibility index (Phi) is 4.19. The lowest BCUT2D eigenvalue weighted by Crippen LogP contribution is -2.61. The van der Waals surface area contributed by atoms with Crippen molar-refractivity contribution in [1.29, 1.82) is 0 Å². The highest BCUT2D eigenvalue weighted by Crippen LogP contribution is 2.46. The molecule has 1 aliphatic carbocycles. The van der Waals surface area contributed by atoms with Gasteiger partial charge in [-0.15, -0.1) is 0 Å². The van der Waals surface area contributed by atoms with Gasteiger partial charge in [0.1, 0.15) is 17.2 Å². The van der Waals surface area contributed by atoms with Crippen molar-refractivity contribution in [2.45, 2.75) is 49.2 Å². The molecule has 0 N–H and O–H groups in total. The second-order valence-electron chi connectivity index (χ2n) is 7.74. The van der Waals surface area contributed by atoms with Crippen LogP contribution in [0.15, 0.2) is 35.4 Å². The first kappa shape index (κ1) is 18.0. The molecule has 1 saturated heterocycles. The van der Waals surface area contributed by atoms with Crippen LogP contribution >= 0.6 is 0 Å².